The third-order valence-corrected chi connectivity index (χ3v) is 7.16. The predicted octanol–water partition coefficient (Wildman–Crippen LogP) is 3.67. The molecule has 176 valence electrons. The molecule has 4 aromatic rings. The zero-order valence-electron chi connectivity index (χ0n) is 18.6. The van der Waals surface area contributed by atoms with Crippen LogP contribution in [0.1, 0.15) is 45.0 Å². The molecule has 5 rings (SSSR count). The highest BCUT2D eigenvalue weighted by atomic mass is 32.1. The Morgan fingerprint density at radius 2 is 2.09 bits per heavy atom. The third kappa shape index (κ3) is 4.01. The first-order valence-electron chi connectivity index (χ1n) is 11.0. The number of thiazole rings is 1. The molecule has 1 aliphatic heterocycles. The molecule has 1 saturated heterocycles. The maximum absolute atomic E-state index is 14.2. The number of hydrogen-bond acceptors (Lipinski definition) is 7. The van der Waals surface area contributed by atoms with Crippen LogP contribution < -0.4 is 0 Å². The smallest absolute Gasteiger partial charge is 0.331 e. The molecule has 0 bridgehead atoms. The molecule has 1 N–H and O–H groups in total. The van der Waals surface area contributed by atoms with Gasteiger partial charge in [0.15, 0.2) is 5.54 Å². The zero-order valence-corrected chi connectivity index (χ0v) is 19.5. The van der Waals surface area contributed by atoms with E-state index in [1.807, 2.05) is 11.4 Å². The third-order valence-electron chi connectivity index (χ3n) is 6.31. The molecular weight excluding hydrogens is 464 g/mol. The van der Waals surface area contributed by atoms with E-state index in [1.54, 1.807) is 72.2 Å². The highest BCUT2D eigenvalue weighted by molar-refractivity contribution is 7.09. The molecule has 4 heterocycles. The Morgan fingerprint density at radius 1 is 1.20 bits per heavy atom. The number of carboxylic acid groups (broad SMARTS) is 1. The van der Waals surface area contributed by atoms with Crippen molar-refractivity contribution in [1.82, 2.24) is 29.6 Å². The van der Waals surface area contributed by atoms with Gasteiger partial charge in [-0.25, -0.2) is 9.78 Å². The highest BCUT2D eigenvalue weighted by Crippen LogP contribution is 2.53. The van der Waals surface area contributed by atoms with Crippen molar-refractivity contribution in [3.05, 3.63) is 101 Å². The number of benzene rings is 1. The van der Waals surface area contributed by atoms with E-state index in [0.29, 0.717) is 16.3 Å². The van der Waals surface area contributed by atoms with Crippen molar-refractivity contribution >= 4 is 29.3 Å². The van der Waals surface area contributed by atoms with Crippen LogP contribution in [-0.2, 0) is 11.3 Å². The molecule has 0 aliphatic carbocycles. The Bertz CT molecular complexity index is 1340. The number of amides is 1. The summed E-state index contributed by atoms with van der Waals surface area (Å²) >= 11 is 1.38. The molecule has 9 nitrogen and oxygen atoms in total. The summed E-state index contributed by atoms with van der Waals surface area (Å²) < 4.78 is 1.55. The van der Waals surface area contributed by atoms with Gasteiger partial charge in [0.25, 0.3) is 5.91 Å². The minimum Gasteiger partial charge on any atom is -0.479 e. The number of likely N-dealkylation sites (tertiary alicyclic amines) is 1. The molecule has 1 amide bonds. The fraction of sp³-hybridized carbons (Fsp3) is 0.200. The van der Waals surface area contributed by atoms with Gasteiger partial charge in [0.05, 0.1) is 18.3 Å². The van der Waals surface area contributed by atoms with Crippen molar-refractivity contribution in [3.63, 3.8) is 0 Å². The summed E-state index contributed by atoms with van der Waals surface area (Å²) in [5.74, 6) is -1.96. The lowest BCUT2D eigenvalue weighted by atomic mass is 9.88. The summed E-state index contributed by atoms with van der Waals surface area (Å²) in [6.45, 7) is 3.76. The van der Waals surface area contributed by atoms with Gasteiger partial charge in [-0.1, -0.05) is 24.8 Å². The monoisotopic (exact) mass is 486 g/mol. The number of aliphatic carboxylic acids is 1. The average Bonchev–Trinajstić information content (AvgIpc) is 3.65. The number of rotatable bonds is 7. The first kappa shape index (κ1) is 22.6. The second-order valence-corrected chi connectivity index (χ2v) is 9.23. The maximum Gasteiger partial charge on any atom is 0.331 e. The van der Waals surface area contributed by atoms with Crippen molar-refractivity contribution in [2.45, 2.75) is 30.5 Å². The summed E-state index contributed by atoms with van der Waals surface area (Å²) in [7, 11) is 0. The van der Waals surface area contributed by atoms with E-state index in [2.05, 4.69) is 26.6 Å². The zero-order chi connectivity index (χ0) is 24.4. The van der Waals surface area contributed by atoms with Crippen molar-refractivity contribution in [2.75, 3.05) is 0 Å². The van der Waals surface area contributed by atoms with Crippen molar-refractivity contribution in [1.29, 1.82) is 0 Å². The summed E-state index contributed by atoms with van der Waals surface area (Å²) in [6, 6.07) is 8.06. The maximum atomic E-state index is 14.2. The summed E-state index contributed by atoms with van der Waals surface area (Å²) in [5, 5.41) is 17.4. The Kier molecular flexibility index (Phi) is 5.96. The largest absolute Gasteiger partial charge is 0.479 e. The van der Waals surface area contributed by atoms with Crippen LogP contribution in [0.25, 0.3) is 6.08 Å². The molecular formula is C25H22N6O3S. The van der Waals surface area contributed by atoms with Gasteiger partial charge in [-0.2, -0.15) is 5.10 Å². The fourth-order valence-corrected chi connectivity index (χ4v) is 5.56. The number of carboxylic acids is 1. The predicted molar refractivity (Wildman–Crippen MR) is 130 cm³/mol. The van der Waals surface area contributed by atoms with Crippen LogP contribution in [-0.4, -0.2) is 52.2 Å². The normalized spacial score (nSPS) is 21.7. The molecule has 0 radical (unpaired) electrons. The average molecular weight is 487 g/mol. The van der Waals surface area contributed by atoms with Crippen LogP contribution in [0.5, 0.6) is 0 Å². The molecule has 3 atom stereocenters. The first-order valence-corrected chi connectivity index (χ1v) is 11.8. The van der Waals surface area contributed by atoms with E-state index < -0.39 is 29.4 Å². The van der Waals surface area contributed by atoms with Crippen LogP contribution in [0.3, 0.4) is 0 Å². The van der Waals surface area contributed by atoms with E-state index in [-0.39, 0.29) is 13.0 Å². The summed E-state index contributed by atoms with van der Waals surface area (Å²) in [5.41, 5.74) is 0.134. The van der Waals surface area contributed by atoms with Gasteiger partial charge in [-0.05, 0) is 30.2 Å². The molecule has 1 aromatic carbocycles. The van der Waals surface area contributed by atoms with Gasteiger partial charge in [-0.3, -0.25) is 19.4 Å². The van der Waals surface area contributed by atoms with E-state index in [1.165, 1.54) is 16.2 Å². The molecule has 1 fully saturated rings. The van der Waals surface area contributed by atoms with Gasteiger partial charge in [-0.15, -0.1) is 11.3 Å². The van der Waals surface area contributed by atoms with Crippen molar-refractivity contribution in [2.24, 2.45) is 0 Å². The van der Waals surface area contributed by atoms with Crippen LogP contribution in [0.15, 0.2) is 79.5 Å². The van der Waals surface area contributed by atoms with E-state index in [9.17, 15) is 14.7 Å². The molecule has 0 spiro atoms. The van der Waals surface area contributed by atoms with E-state index in [0.717, 1.165) is 5.56 Å². The van der Waals surface area contributed by atoms with Crippen molar-refractivity contribution < 1.29 is 14.7 Å². The van der Waals surface area contributed by atoms with Gasteiger partial charge in [0.1, 0.15) is 5.01 Å². The summed E-state index contributed by atoms with van der Waals surface area (Å²) in [6.07, 6.45) is 11.5. The first-order chi connectivity index (χ1) is 17.0. The lowest BCUT2D eigenvalue weighted by molar-refractivity contribution is -0.150. The number of nitrogens with zero attached hydrogens (tertiary/aromatic N) is 6. The van der Waals surface area contributed by atoms with Gasteiger partial charge in [0.2, 0.25) is 0 Å². The van der Waals surface area contributed by atoms with E-state index in [4.69, 9.17) is 0 Å². The van der Waals surface area contributed by atoms with Crippen LogP contribution in [0, 0.1) is 0 Å². The van der Waals surface area contributed by atoms with Crippen LogP contribution >= 0.6 is 11.3 Å². The molecule has 1 aliphatic rings. The minimum absolute atomic E-state index is 0.0269. The Labute approximate surface area is 205 Å². The second kappa shape index (κ2) is 9.22. The number of carbonyl (C=O) groups is 2. The highest BCUT2D eigenvalue weighted by Gasteiger charge is 2.60. The standard InChI is InChI=1S/C25H22N6O3S/c1-2-17-5-3-6-18(13-17)23(32)31-21(22-28-10-12-35-22)19(20-15-26-8-9-27-20)14-25(31,24(33)34)16-30-11-4-7-29-30/h2-13,15,19,21H,1,14,16H2,(H,33,34)/t19-,21-,25-/m1/s1. The second-order valence-electron chi connectivity index (χ2n) is 8.30. The van der Waals surface area contributed by atoms with E-state index >= 15 is 0 Å². The Morgan fingerprint density at radius 3 is 2.74 bits per heavy atom. The minimum atomic E-state index is -1.61. The lowest BCUT2D eigenvalue weighted by Gasteiger charge is -2.37. The molecule has 0 unspecified atom stereocenters. The fourth-order valence-electron chi connectivity index (χ4n) is 4.77. The number of hydrogen-bond donors (Lipinski definition) is 1. The quantitative estimate of drug-likeness (QED) is 0.424. The topological polar surface area (TPSA) is 114 Å². The van der Waals surface area contributed by atoms with Gasteiger partial charge in [0, 0.05) is 54.0 Å². The lowest BCUT2D eigenvalue weighted by Crippen LogP contribution is -2.56. The Hall–Kier alpha value is -4.18. The van der Waals surface area contributed by atoms with Crippen molar-refractivity contribution in [3.8, 4) is 0 Å². The van der Waals surface area contributed by atoms with Gasteiger partial charge >= 0.3 is 5.97 Å². The number of carbonyl (C=O) groups excluding carboxylic acids is 1. The summed E-state index contributed by atoms with van der Waals surface area (Å²) in [4.78, 5) is 42.0. The SMILES string of the molecule is C=Cc1cccc(C(=O)N2[C@@H](c3nccs3)[C@@H](c3cnccn3)C[C@@]2(Cn2cccn2)C(=O)O)c1. The van der Waals surface area contributed by atoms with Crippen LogP contribution in [0.2, 0.25) is 0 Å². The van der Waals surface area contributed by atoms with Crippen LogP contribution in [0.4, 0.5) is 0 Å². The molecule has 10 heteroatoms. The molecule has 3 aromatic heterocycles. The molecule has 35 heavy (non-hydrogen) atoms. The van der Waals surface area contributed by atoms with Gasteiger partial charge < -0.3 is 10.0 Å². The number of aromatic nitrogens is 5. The molecule has 0 saturated carbocycles. The Balaban J connectivity index is 1.72.